The molecule has 1 N–H and O–H groups in total. The number of aromatic nitrogens is 1. The Labute approximate surface area is 103 Å². The van der Waals surface area contributed by atoms with E-state index in [1.54, 1.807) is 6.07 Å². The Morgan fingerprint density at radius 3 is 2.53 bits per heavy atom. The van der Waals surface area contributed by atoms with Crippen LogP contribution in [-0.2, 0) is 4.79 Å². The highest BCUT2D eigenvalue weighted by molar-refractivity contribution is 9.11. The van der Waals surface area contributed by atoms with Crippen LogP contribution in [0, 0.1) is 0 Å². The minimum Gasteiger partial charge on any atom is -0.481 e. The summed E-state index contributed by atoms with van der Waals surface area (Å²) in [6, 6.07) is 1.70. The molecule has 1 aromatic heterocycles. The summed E-state index contributed by atoms with van der Waals surface area (Å²) < 4.78 is 1.32. The SMILES string of the molecule is O=C(O)CCC(=O)c1ncc(Br)cc1Br. The monoisotopic (exact) mass is 335 g/mol. The summed E-state index contributed by atoms with van der Waals surface area (Å²) >= 11 is 6.40. The predicted octanol–water partition coefficient (Wildman–Crippen LogP) is 2.65. The van der Waals surface area contributed by atoms with Gasteiger partial charge in [-0.05, 0) is 37.9 Å². The topological polar surface area (TPSA) is 67.3 Å². The van der Waals surface area contributed by atoms with Crippen LogP contribution < -0.4 is 0 Å². The van der Waals surface area contributed by atoms with E-state index in [4.69, 9.17) is 5.11 Å². The van der Waals surface area contributed by atoms with E-state index in [-0.39, 0.29) is 24.3 Å². The second-order valence-electron chi connectivity index (χ2n) is 2.80. The molecule has 15 heavy (non-hydrogen) atoms. The maximum Gasteiger partial charge on any atom is 0.303 e. The zero-order chi connectivity index (χ0) is 11.4. The maximum atomic E-state index is 11.5. The molecule has 0 amide bonds. The third-order valence-corrected chi connectivity index (χ3v) is 2.68. The zero-order valence-corrected chi connectivity index (χ0v) is 10.7. The molecule has 0 fully saturated rings. The number of pyridine rings is 1. The number of hydrogen-bond donors (Lipinski definition) is 1. The highest BCUT2D eigenvalue weighted by atomic mass is 79.9. The molecule has 1 heterocycles. The van der Waals surface area contributed by atoms with Gasteiger partial charge in [0.05, 0.1) is 6.42 Å². The van der Waals surface area contributed by atoms with Gasteiger partial charge in [-0.15, -0.1) is 0 Å². The van der Waals surface area contributed by atoms with E-state index in [2.05, 4.69) is 36.8 Å². The molecule has 1 aromatic rings. The van der Waals surface area contributed by atoms with Crippen molar-refractivity contribution >= 4 is 43.6 Å². The molecule has 0 aliphatic carbocycles. The van der Waals surface area contributed by atoms with Gasteiger partial charge in [-0.3, -0.25) is 14.6 Å². The molecule has 0 saturated heterocycles. The Hall–Kier alpha value is -0.750. The standard InChI is InChI=1S/C9H7Br2NO3/c10-5-3-6(11)9(12-4-5)7(13)1-2-8(14)15/h3-4H,1-2H2,(H,14,15). The van der Waals surface area contributed by atoms with Crippen LogP contribution in [0.4, 0.5) is 0 Å². The minimum atomic E-state index is -0.989. The number of halogens is 2. The van der Waals surface area contributed by atoms with Gasteiger partial charge in [0.15, 0.2) is 5.78 Å². The molecule has 0 atom stereocenters. The van der Waals surface area contributed by atoms with Crippen molar-refractivity contribution in [2.24, 2.45) is 0 Å². The second-order valence-corrected chi connectivity index (χ2v) is 4.57. The number of hydrogen-bond acceptors (Lipinski definition) is 3. The van der Waals surface area contributed by atoms with Gasteiger partial charge in [-0.2, -0.15) is 0 Å². The molecule has 0 aromatic carbocycles. The van der Waals surface area contributed by atoms with E-state index in [0.29, 0.717) is 4.47 Å². The number of rotatable bonds is 4. The Morgan fingerprint density at radius 1 is 1.33 bits per heavy atom. The van der Waals surface area contributed by atoms with Gasteiger partial charge in [-0.25, -0.2) is 0 Å². The molecule has 4 nitrogen and oxygen atoms in total. The number of carboxylic acids is 1. The summed E-state index contributed by atoms with van der Waals surface area (Å²) in [6.07, 6.45) is 1.28. The lowest BCUT2D eigenvalue weighted by Gasteiger charge is -2.01. The molecule has 0 saturated carbocycles. The fraction of sp³-hybridized carbons (Fsp3) is 0.222. The van der Waals surface area contributed by atoms with Gasteiger partial charge < -0.3 is 5.11 Å². The lowest BCUT2D eigenvalue weighted by molar-refractivity contribution is -0.136. The molecule has 0 aliphatic heterocycles. The van der Waals surface area contributed by atoms with Crippen LogP contribution in [0.2, 0.25) is 0 Å². The molecule has 0 aliphatic rings. The van der Waals surface area contributed by atoms with Crippen molar-refractivity contribution in [3.63, 3.8) is 0 Å². The third-order valence-electron chi connectivity index (χ3n) is 1.64. The van der Waals surface area contributed by atoms with E-state index in [1.165, 1.54) is 6.20 Å². The molecule has 1 rings (SSSR count). The Bertz CT molecular complexity index is 406. The first-order valence-corrected chi connectivity index (χ1v) is 5.65. The van der Waals surface area contributed by atoms with Crippen molar-refractivity contribution in [1.29, 1.82) is 0 Å². The normalized spacial score (nSPS) is 10.0. The zero-order valence-electron chi connectivity index (χ0n) is 7.54. The van der Waals surface area contributed by atoms with Gasteiger partial charge in [0.1, 0.15) is 5.69 Å². The van der Waals surface area contributed by atoms with Crippen LogP contribution in [0.3, 0.4) is 0 Å². The first-order chi connectivity index (χ1) is 7.00. The molecular formula is C9H7Br2NO3. The number of carbonyl (C=O) groups is 2. The number of carboxylic acid groups (broad SMARTS) is 1. The number of ketones is 1. The molecular weight excluding hydrogens is 330 g/mol. The summed E-state index contributed by atoms with van der Waals surface area (Å²) in [5.41, 5.74) is 0.263. The highest BCUT2D eigenvalue weighted by Crippen LogP contribution is 2.20. The summed E-state index contributed by atoms with van der Waals surface area (Å²) in [5.74, 6) is -1.27. The average Bonchev–Trinajstić information content (AvgIpc) is 2.14. The molecule has 0 unspecified atom stereocenters. The summed E-state index contributed by atoms with van der Waals surface area (Å²) in [6.45, 7) is 0. The van der Waals surface area contributed by atoms with E-state index < -0.39 is 5.97 Å². The number of nitrogens with zero attached hydrogens (tertiary/aromatic N) is 1. The summed E-state index contributed by atoms with van der Waals surface area (Å²) in [5, 5.41) is 8.43. The summed E-state index contributed by atoms with van der Waals surface area (Å²) in [4.78, 5) is 25.7. The fourth-order valence-electron chi connectivity index (χ4n) is 0.959. The molecule has 0 bridgehead atoms. The van der Waals surface area contributed by atoms with Crippen LogP contribution in [0.15, 0.2) is 21.2 Å². The van der Waals surface area contributed by atoms with Crippen LogP contribution in [0.5, 0.6) is 0 Å². The average molecular weight is 337 g/mol. The van der Waals surface area contributed by atoms with Gasteiger partial charge >= 0.3 is 5.97 Å². The molecule has 6 heteroatoms. The number of aliphatic carboxylic acids is 1. The first kappa shape index (κ1) is 12.3. The van der Waals surface area contributed by atoms with Gasteiger partial charge in [0.25, 0.3) is 0 Å². The van der Waals surface area contributed by atoms with Crippen LogP contribution >= 0.6 is 31.9 Å². The highest BCUT2D eigenvalue weighted by Gasteiger charge is 2.13. The van der Waals surface area contributed by atoms with E-state index in [1.807, 2.05) is 0 Å². The lowest BCUT2D eigenvalue weighted by atomic mass is 10.1. The Kier molecular flexibility index (Phi) is 4.41. The van der Waals surface area contributed by atoms with Gasteiger partial charge in [0, 0.05) is 21.6 Å². The van der Waals surface area contributed by atoms with Crippen molar-refractivity contribution in [2.45, 2.75) is 12.8 Å². The minimum absolute atomic E-state index is 0.0391. The number of Topliss-reactive ketones (excluding diaryl/α,β-unsaturated/α-hetero) is 1. The van der Waals surface area contributed by atoms with Crippen molar-refractivity contribution in [3.05, 3.63) is 26.9 Å². The van der Waals surface area contributed by atoms with Crippen LogP contribution in [0.1, 0.15) is 23.3 Å². The van der Waals surface area contributed by atoms with Crippen LogP contribution in [-0.4, -0.2) is 21.8 Å². The smallest absolute Gasteiger partial charge is 0.303 e. The van der Waals surface area contributed by atoms with E-state index >= 15 is 0 Å². The lowest BCUT2D eigenvalue weighted by Crippen LogP contribution is -2.06. The van der Waals surface area contributed by atoms with Gasteiger partial charge in [-0.1, -0.05) is 0 Å². The third kappa shape index (κ3) is 3.71. The quantitative estimate of drug-likeness (QED) is 0.858. The van der Waals surface area contributed by atoms with Gasteiger partial charge in [0.2, 0.25) is 0 Å². The first-order valence-electron chi connectivity index (χ1n) is 4.06. The predicted molar refractivity (Wildman–Crippen MR) is 60.8 cm³/mol. The largest absolute Gasteiger partial charge is 0.481 e. The van der Waals surface area contributed by atoms with E-state index in [0.717, 1.165) is 4.47 Å². The Balaban J connectivity index is 2.78. The molecule has 80 valence electrons. The molecule has 0 radical (unpaired) electrons. The summed E-state index contributed by atoms with van der Waals surface area (Å²) in [7, 11) is 0. The number of carbonyl (C=O) groups excluding carboxylic acids is 1. The fourth-order valence-corrected chi connectivity index (χ4v) is 2.17. The van der Waals surface area contributed by atoms with E-state index in [9.17, 15) is 9.59 Å². The van der Waals surface area contributed by atoms with Crippen LogP contribution in [0.25, 0.3) is 0 Å². The van der Waals surface area contributed by atoms with Crippen molar-refractivity contribution in [2.75, 3.05) is 0 Å². The van der Waals surface area contributed by atoms with Crippen molar-refractivity contribution < 1.29 is 14.7 Å². The van der Waals surface area contributed by atoms with Crippen molar-refractivity contribution in [1.82, 2.24) is 4.98 Å². The Morgan fingerprint density at radius 2 is 2.00 bits per heavy atom. The van der Waals surface area contributed by atoms with Crippen molar-refractivity contribution in [3.8, 4) is 0 Å². The second kappa shape index (κ2) is 5.37. The maximum absolute atomic E-state index is 11.5. The molecule has 0 spiro atoms.